The average Bonchev–Trinajstić information content (AvgIpc) is 2.47. The van der Waals surface area contributed by atoms with E-state index in [0.717, 1.165) is 25.9 Å². The van der Waals surface area contributed by atoms with Crippen LogP contribution in [0.1, 0.15) is 35.2 Å². The van der Waals surface area contributed by atoms with Gasteiger partial charge in [0.2, 0.25) is 0 Å². The van der Waals surface area contributed by atoms with Crippen LogP contribution in [0.15, 0.2) is 18.2 Å². The molecule has 7 heteroatoms. The predicted molar refractivity (Wildman–Crippen MR) is 75.4 cm³/mol. The second-order valence-electron chi connectivity index (χ2n) is 4.99. The third kappa shape index (κ3) is 3.99. The van der Waals surface area contributed by atoms with Crippen molar-refractivity contribution < 1.29 is 19.6 Å². The first-order valence-corrected chi connectivity index (χ1v) is 6.91. The van der Waals surface area contributed by atoms with Crippen LogP contribution in [0, 0.1) is 10.1 Å². The van der Waals surface area contributed by atoms with Crippen molar-refractivity contribution in [2.24, 2.45) is 0 Å². The molecule has 1 saturated heterocycles. The van der Waals surface area contributed by atoms with Crippen molar-refractivity contribution in [1.29, 1.82) is 0 Å². The van der Waals surface area contributed by atoms with Crippen LogP contribution in [0.25, 0.3) is 0 Å². The van der Waals surface area contributed by atoms with Gasteiger partial charge >= 0.3 is 5.97 Å². The maximum absolute atomic E-state index is 11.3. The van der Waals surface area contributed by atoms with Crippen molar-refractivity contribution in [2.45, 2.75) is 31.9 Å². The van der Waals surface area contributed by atoms with Crippen molar-refractivity contribution in [3.8, 4) is 0 Å². The van der Waals surface area contributed by atoms with Crippen molar-refractivity contribution in [2.75, 3.05) is 13.2 Å². The van der Waals surface area contributed by atoms with E-state index in [1.807, 2.05) is 0 Å². The fourth-order valence-corrected chi connectivity index (χ4v) is 2.47. The fourth-order valence-electron chi connectivity index (χ4n) is 2.47. The van der Waals surface area contributed by atoms with Crippen LogP contribution in [-0.2, 0) is 11.3 Å². The van der Waals surface area contributed by atoms with Crippen LogP contribution in [0.3, 0.4) is 0 Å². The van der Waals surface area contributed by atoms with Gasteiger partial charge in [-0.15, -0.1) is 0 Å². The minimum atomic E-state index is -1.28. The molecule has 1 aliphatic heterocycles. The van der Waals surface area contributed by atoms with E-state index in [4.69, 9.17) is 4.74 Å². The molecule has 0 radical (unpaired) electrons. The molecule has 1 aliphatic rings. The third-order valence-corrected chi connectivity index (χ3v) is 3.50. The Morgan fingerprint density at radius 3 is 2.90 bits per heavy atom. The smallest absolute Gasteiger partial charge is 0.343 e. The van der Waals surface area contributed by atoms with Gasteiger partial charge in [0.05, 0.1) is 11.0 Å². The second kappa shape index (κ2) is 7.14. The van der Waals surface area contributed by atoms with E-state index in [2.05, 4.69) is 5.32 Å². The van der Waals surface area contributed by atoms with E-state index >= 15 is 0 Å². The molecule has 7 nitrogen and oxygen atoms in total. The van der Waals surface area contributed by atoms with Gasteiger partial charge in [0.1, 0.15) is 5.56 Å². The quantitative estimate of drug-likeness (QED) is 0.614. The summed E-state index contributed by atoms with van der Waals surface area (Å²) in [5.41, 5.74) is -0.220. The number of hydrogen-bond acceptors (Lipinski definition) is 5. The zero-order valence-corrected chi connectivity index (χ0v) is 11.6. The van der Waals surface area contributed by atoms with Crippen LogP contribution < -0.4 is 5.32 Å². The number of rotatable bonds is 6. The minimum Gasteiger partial charge on any atom is -0.477 e. The summed E-state index contributed by atoms with van der Waals surface area (Å²) in [6, 6.07) is 4.29. The Morgan fingerprint density at radius 1 is 1.48 bits per heavy atom. The normalized spacial score (nSPS) is 18.4. The van der Waals surface area contributed by atoms with Crippen molar-refractivity contribution in [3.05, 3.63) is 39.4 Å². The van der Waals surface area contributed by atoms with Gasteiger partial charge in [-0.3, -0.25) is 10.1 Å². The van der Waals surface area contributed by atoms with Gasteiger partial charge < -0.3 is 15.2 Å². The zero-order valence-electron chi connectivity index (χ0n) is 11.6. The lowest BCUT2D eigenvalue weighted by atomic mass is 10.0. The Hall–Kier alpha value is -1.99. The summed E-state index contributed by atoms with van der Waals surface area (Å²) in [5, 5.41) is 23.2. The number of hydrogen-bond donors (Lipinski definition) is 2. The molecular formula is C14H18N2O5. The minimum absolute atomic E-state index is 0.130. The number of carbonyl (C=O) groups is 1. The van der Waals surface area contributed by atoms with Gasteiger partial charge in [-0.2, -0.15) is 0 Å². The maximum atomic E-state index is 11.3. The summed E-state index contributed by atoms with van der Waals surface area (Å²) < 4.78 is 5.57. The van der Waals surface area contributed by atoms with Gasteiger partial charge in [0, 0.05) is 25.8 Å². The SMILES string of the molecule is O=C(O)c1c(CNCC2CCCCO2)cccc1[N+](=O)[O-]. The van der Waals surface area contributed by atoms with Gasteiger partial charge in [-0.05, 0) is 24.8 Å². The molecule has 0 amide bonds. The summed E-state index contributed by atoms with van der Waals surface area (Å²) >= 11 is 0. The fraction of sp³-hybridized carbons (Fsp3) is 0.500. The highest BCUT2D eigenvalue weighted by molar-refractivity contribution is 5.94. The molecule has 1 heterocycles. The molecule has 1 unspecified atom stereocenters. The molecule has 0 spiro atoms. The predicted octanol–water partition coefficient (Wildman–Crippen LogP) is 1.95. The Labute approximate surface area is 122 Å². The molecule has 0 aliphatic carbocycles. The molecule has 0 saturated carbocycles. The molecule has 0 bridgehead atoms. The first-order chi connectivity index (χ1) is 10.1. The second-order valence-corrected chi connectivity index (χ2v) is 4.99. The first kappa shape index (κ1) is 15.4. The Kier molecular flexibility index (Phi) is 5.24. The standard InChI is InChI=1S/C14H18N2O5/c17-14(18)13-10(4-3-6-12(13)16(19)20)8-15-9-11-5-1-2-7-21-11/h3-4,6,11,15H,1-2,5,7-9H2,(H,17,18). The Morgan fingerprint density at radius 2 is 2.29 bits per heavy atom. The van der Waals surface area contributed by atoms with E-state index in [-0.39, 0.29) is 23.9 Å². The van der Waals surface area contributed by atoms with E-state index in [1.54, 1.807) is 6.07 Å². The third-order valence-electron chi connectivity index (χ3n) is 3.50. The van der Waals surface area contributed by atoms with Gasteiger partial charge in [-0.1, -0.05) is 12.1 Å². The van der Waals surface area contributed by atoms with Gasteiger partial charge in [-0.25, -0.2) is 4.79 Å². The van der Waals surface area contributed by atoms with E-state index in [9.17, 15) is 20.0 Å². The topological polar surface area (TPSA) is 102 Å². The average molecular weight is 294 g/mol. The highest BCUT2D eigenvalue weighted by atomic mass is 16.6. The van der Waals surface area contributed by atoms with Crippen molar-refractivity contribution in [1.82, 2.24) is 5.32 Å². The number of nitro groups is 1. The van der Waals surface area contributed by atoms with E-state index in [0.29, 0.717) is 12.1 Å². The molecule has 21 heavy (non-hydrogen) atoms. The number of carboxylic acids is 1. The molecular weight excluding hydrogens is 276 g/mol. The van der Waals surface area contributed by atoms with Gasteiger partial charge in [0.25, 0.3) is 5.69 Å². The highest BCUT2D eigenvalue weighted by Crippen LogP contribution is 2.22. The molecule has 1 fully saturated rings. The number of nitrogens with zero attached hydrogens (tertiary/aromatic N) is 1. The number of ether oxygens (including phenoxy) is 1. The molecule has 114 valence electrons. The lowest BCUT2D eigenvalue weighted by Crippen LogP contribution is -2.31. The maximum Gasteiger partial charge on any atom is 0.343 e. The van der Waals surface area contributed by atoms with Crippen LogP contribution in [-0.4, -0.2) is 35.3 Å². The molecule has 2 N–H and O–H groups in total. The summed E-state index contributed by atoms with van der Waals surface area (Å²) in [4.78, 5) is 21.5. The van der Waals surface area contributed by atoms with Crippen LogP contribution in [0.2, 0.25) is 0 Å². The van der Waals surface area contributed by atoms with E-state index in [1.165, 1.54) is 12.1 Å². The van der Waals surface area contributed by atoms with E-state index < -0.39 is 10.9 Å². The Bertz CT molecular complexity index is 526. The lowest BCUT2D eigenvalue weighted by molar-refractivity contribution is -0.385. The zero-order chi connectivity index (χ0) is 15.2. The van der Waals surface area contributed by atoms with Crippen LogP contribution in [0.5, 0.6) is 0 Å². The summed E-state index contributed by atoms with van der Waals surface area (Å²) in [6.45, 7) is 1.63. The molecule has 1 aromatic rings. The van der Waals surface area contributed by atoms with Gasteiger partial charge in [0.15, 0.2) is 0 Å². The van der Waals surface area contributed by atoms with Crippen molar-refractivity contribution >= 4 is 11.7 Å². The highest BCUT2D eigenvalue weighted by Gasteiger charge is 2.23. The monoisotopic (exact) mass is 294 g/mol. The number of nitro benzene ring substituents is 1. The largest absolute Gasteiger partial charge is 0.477 e. The summed E-state index contributed by atoms with van der Waals surface area (Å²) in [5.74, 6) is -1.28. The number of carboxylic acid groups (broad SMARTS) is 1. The number of aromatic carboxylic acids is 1. The Balaban J connectivity index is 2.03. The number of benzene rings is 1. The summed E-state index contributed by atoms with van der Waals surface area (Å²) in [7, 11) is 0. The lowest BCUT2D eigenvalue weighted by Gasteiger charge is -2.22. The van der Waals surface area contributed by atoms with Crippen LogP contribution >= 0.6 is 0 Å². The number of nitrogens with one attached hydrogen (secondary N) is 1. The molecule has 1 atom stereocenters. The van der Waals surface area contributed by atoms with Crippen LogP contribution in [0.4, 0.5) is 5.69 Å². The molecule has 0 aromatic heterocycles. The molecule has 1 aromatic carbocycles. The molecule has 2 rings (SSSR count). The first-order valence-electron chi connectivity index (χ1n) is 6.91. The van der Waals surface area contributed by atoms with Crippen molar-refractivity contribution in [3.63, 3.8) is 0 Å². The summed E-state index contributed by atoms with van der Waals surface area (Å²) in [6.07, 6.45) is 3.31.